The Balaban J connectivity index is 2.04. The van der Waals surface area contributed by atoms with Crippen molar-refractivity contribution >= 4 is 46.7 Å². The molecule has 0 unspecified atom stereocenters. The lowest BCUT2D eigenvalue weighted by Crippen LogP contribution is -2.09. The summed E-state index contributed by atoms with van der Waals surface area (Å²) in [6.45, 7) is 2.58. The highest BCUT2D eigenvalue weighted by Crippen LogP contribution is 2.48. The van der Waals surface area contributed by atoms with E-state index in [1.54, 1.807) is 18.2 Å². The van der Waals surface area contributed by atoms with Gasteiger partial charge < -0.3 is 14.8 Å². The van der Waals surface area contributed by atoms with Gasteiger partial charge in [-0.3, -0.25) is 9.59 Å². The first-order chi connectivity index (χ1) is 10.9. The number of nitrogens with one attached hydrogen (secondary N) is 1. The maximum absolute atomic E-state index is 11.3. The summed E-state index contributed by atoms with van der Waals surface area (Å²) >= 11 is 7.52. The van der Waals surface area contributed by atoms with Crippen molar-refractivity contribution in [2.75, 3.05) is 5.32 Å². The zero-order valence-corrected chi connectivity index (χ0v) is 13.9. The van der Waals surface area contributed by atoms with Gasteiger partial charge in [0.25, 0.3) is 0 Å². The van der Waals surface area contributed by atoms with Gasteiger partial charge in [-0.05, 0) is 18.2 Å². The van der Waals surface area contributed by atoms with Gasteiger partial charge >= 0.3 is 11.9 Å². The summed E-state index contributed by atoms with van der Waals surface area (Å²) in [6.07, 6.45) is 0. The van der Waals surface area contributed by atoms with Crippen LogP contribution in [0.4, 0.5) is 11.4 Å². The Morgan fingerprint density at radius 3 is 2.22 bits per heavy atom. The van der Waals surface area contributed by atoms with Gasteiger partial charge in [-0.2, -0.15) is 0 Å². The molecule has 0 radical (unpaired) electrons. The largest absolute Gasteiger partial charge is 0.423 e. The molecule has 0 bridgehead atoms. The molecule has 2 aromatic carbocycles. The van der Waals surface area contributed by atoms with Crippen LogP contribution in [-0.2, 0) is 9.59 Å². The van der Waals surface area contributed by atoms with Crippen LogP contribution in [0.1, 0.15) is 13.8 Å². The highest BCUT2D eigenvalue weighted by atomic mass is 35.5. The maximum Gasteiger partial charge on any atom is 0.308 e. The lowest BCUT2D eigenvalue weighted by molar-refractivity contribution is -0.134. The number of carbonyl (C=O) groups is 2. The monoisotopic (exact) mass is 349 g/mol. The molecule has 0 atom stereocenters. The molecule has 5 nitrogen and oxygen atoms in total. The van der Waals surface area contributed by atoms with E-state index in [0.717, 1.165) is 21.2 Å². The number of esters is 2. The first-order valence-corrected chi connectivity index (χ1v) is 7.91. The molecule has 0 aromatic heterocycles. The Morgan fingerprint density at radius 1 is 0.957 bits per heavy atom. The zero-order chi connectivity index (χ0) is 16.6. The summed E-state index contributed by atoms with van der Waals surface area (Å²) in [7, 11) is 0. The van der Waals surface area contributed by atoms with E-state index >= 15 is 0 Å². The summed E-state index contributed by atoms with van der Waals surface area (Å²) in [5, 5.41) is 3.86. The molecule has 1 aliphatic rings. The number of benzene rings is 2. The second-order valence-corrected chi connectivity index (χ2v) is 6.37. The van der Waals surface area contributed by atoms with Gasteiger partial charge in [-0.1, -0.05) is 23.4 Å². The third kappa shape index (κ3) is 3.43. The van der Waals surface area contributed by atoms with Crippen molar-refractivity contribution in [1.82, 2.24) is 0 Å². The molecule has 0 fully saturated rings. The number of hydrogen-bond acceptors (Lipinski definition) is 6. The minimum absolute atomic E-state index is 0.185. The van der Waals surface area contributed by atoms with Crippen molar-refractivity contribution in [3.8, 4) is 11.5 Å². The fraction of sp³-hybridized carbons (Fsp3) is 0.125. The normalized spacial score (nSPS) is 11.8. The van der Waals surface area contributed by atoms with Crippen LogP contribution >= 0.6 is 23.4 Å². The Hall–Kier alpha value is -2.18. The number of anilines is 2. The summed E-state index contributed by atoms with van der Waals surface area (Å²) in [6, 6.07) is 8.83. The third-order valence-electron chi connectivity index (χ3n) is 2.98. The summed E-state index contributed by atoms with van der Waals surface area (Å²) in [5.41, 5.74) is 1.61. The number of ether oxygens (including phenoxy) is 2. The molecule has 7 heteroatoms. The van der Waals surface area contributed by atoms with Gasteiger partial charge in [0.05, 0.1) is 11.4 Å². The van der Waals surface area contributed by atoms with Gasteiger partial charge in [0.1, 0.15) is 0 Å². The Kier molecular flexibility index (Phi) is 4.19. The van der Waals surface area contributed by atoms with Crippen LogP contribution in [0.3, 0.4) is 0 Å². The van der Waals surface area contributed by atoms with Gasteiger partial charge in [-0.15, -0.1) is 0 Å². The average molecular weight is 350 g/mol. The van der Waals surface area contributed by atoms with Crippen LogP contribution in [0.15, 0.2) is 40.1 Å². The lowest BCUT2D eigenvalue weighted by atomic mass is 10.2. The van der Waals surface area contributed by atoms with Crippen molar-refractivity contribution < 1.29 is 19.1 Å². The lowest BCUT2D eigenvalue weighted by Gasteiger charge is -2.22. The first kappa shape index (κ1) is 15.7. The predicted molar refractivity (Wildman–Crippen MR) is 87.9 cm³/mol. The molecule has 0 saturated carbocycles. The van der Waals surface area contributed by atoms with Gasteiger partial charge in [-0.25, -0.2) is 0 Å². The standard InChI is InChI=1S/C16H12ClNO4S/c1-8(19)21-13-6-12-16(7-14(13)22-9(2)20)23-15-4-3-10(17)5-11(15)18-12/h3-7,18H,1-2H3. The molecule has 0 saturated heterocycles. The summed E-state index contributed by atoms with van der Waals surface area (Å²) < 4.78 is 10.3. The highest BCUT2D eigenvalue weighted by molar-refractivity contribution is 7.99. The molecule has 0 amide bonds. The molecule has 118 valence electrons. The molecule has 23 heavy (non-hydrogen) atoms. The quantitative estimate of drug-likeness (QED) is 0.546. The van der Waals surface area contributed by atoms with Crippen LogP contribution in [0.2, 0.25) is 5.02 Å². The van der Waals surface area contributed by atoms with Crippen molar-refractivity contribution in [3.63, 3.8) is 0 Å². The number of halogens is 1. The number of hydrogen-bond donors (Lipinski definition) is 1. The number of fused-ring (bicyclic) bond motifs is 2. The average Bonchev–Trinajstić information content (AvgIpc) is 2.45. The maximum atomic E-state index is 11.3. The molecular formula is C16H12ClNO4S. The minimum atomic E-state index is -0.495. The van der Waals surface area contributed by atoms with Crippen molar-refractivity contribution in [2.45, 2.75) is 23.6 Å². The fourth-order valence-corrected chi connectivity index (χ4v) is 3.30. The van der Waals surface area contributed by atoms with E-state index in [1.807, 2.05) is 12.1 Å². The van der Waals surface area contributed by atoms with E-state index in [2.05, 4.69) is 5.32 Å². The second kappa shape index (κ2) is 6.14. The summed E-state index contributed by atoms with van der Waals surface area (Å²) in [4.78, 5) is 24.4. The predicted octanol–water partition coefficient (Wildman–Crippen LogP) is 4.40. The van der Waals surface area contributed by atoms with Crippen LogP contribution in [-0.4, -0.2) is 11.9 Å². The third-order valence-corrected chi connectivity index (χ3v) is 4.35. The molecule has 0 spiro atoms. The van der Waals surface area contributed by atoms with Crippen molar-refractivity contribution in [2.24, 2.45) is 0 Å². The molecule has 3 rings (SSSR count). The molecule has 2 aromatic rings. The van der Waals surface area contributed by atoms with E-state index < -0.39 is 11.9 Å². The van der Waals surface area contributed by atoms with Gasteiger partial charge in [0.2, 0.25) is 0 Å². The molecule has 1 heterocycles. The topological polar surface area (TPSA) is 64.6 Å². The van der Waals surface area contributed by atoms with Crippen molar-refractivity contribution in [1.29, 1.82) is 0 Å². The van der Waals surface area contributed by atoms with E-state index in [4.69, 9.17) is 21.1 Å². The Bertz CT molecular complexity index is 822. The van der Waals surface area contributed by atoms with E-state index in [-0.39, 0.29) is 11.5 Å². The molecular weight excluding hydrogens is 338 g/mol. The van der Waals surface area contributed by atoms with Crippen molar-refractivity contribution in [3.05, 3.63) is 35.4 Å². The van der Waals surface area contributed by atoms with E-state index in [0.29, 0.717) is 5.02 Å². The van der Waals surface area contributed by atoms with E-state index in [1.165, 1.54) is 25.6 Å². The molecule has 0 aliphatic carbocycles. The highest BCUT2D eigenvalue weighted by Gasteiger charge is 2.21. The van der Waals surface area contributed by atoms with E-state index in [9.17, 15) is 9.59 Å². The molecule has 1 aliphatic heterocycles. The van der Waals surface area contributed by atoms with Crippen LogP contribution in [0.5, 0.6) is 11.5 Å². The number of rotatable bonds is 2. The Labute approximate surface area is 141 Å². The number of carbonyl (C=O) groups excluding carboxylic acids is 2. The summed E-state index contributed by atoms with van der Waals surface area (Å²) in [5.74, 6) is -0.590. The zero-order valence-electron chi connectivity index (χ0n) is 12.3. The SMILES string of the molecule is CC(=O)Oc1cc2c(cc1OC(C)=O)Sc1ccc(Cl)cc1N2. The fourth-order valence-electron chi connectivity index (χ4n) is 2.15. The van der Waals surface area contributed by atoms with Gasteiger partial charge in [0.15, 0.2) is 11.5 Å². The van der Waals surface area contributed by atoms with Crippen LogP contribution < -0.4 is 14.8 Å². The second-order valence-electron chi connectivity index (χ2n) is 4.85. The molecule has 1 N–H and O–H groups in total. The van der Waals surface area contributed by atoms with Gasteiger partial charge in [0, 0.05) is 40.8 Å². The van der Waals surface area contributed by atoms with Crippen LogP contribution in [0, 0.1) is 0 Å². The minimum Gasteiger partial charge on any atom is -0.423 e. The smallest absolute Gasteiger partial charge is 0.308 e. The first-order valence-electron chi connectivity index (χ1n) is 6.71. The van der Waals surface area contributed by atoms with Crippen LogP contribution in [0.25, 0.3) is 0 Å². The Morgan fingerprint density at radius 2 is 1.57 bits per heavy atom.